The van der Waals surface area contributed by atoms with E-state index in [0.29, 0.717) is 18.8 Å². The topological polar surface area (TPSA) is 92.1 Å². The summed E-state index contributed by atoms with van der Waals surface area (Å²) in [6.45, 7) is 1.11. The quantitative estimate of drug-likeness (QED) is 0.845. The number of nitrogens with one attached hydrogen (secondary N) is 1. The van der Waals surface area contributed by atoms with E-state index in [1.165, 1.54) is 0 Å². The van der Waals surface area contributed by atoms with Crippen molar-refractivity contribution in [1.82, 2.24) is 14.9 Å². The molecule has 0 spiro atoms. The van der Waals surface area contributed by atoms with E-state index in [1.807, 2.05) is 0 Å². The van der Waals surface area contributed by atoms with Gasteiger partial charge >= 0.3 is 0 Å². The van der Waals surface area contributed by atoms with E-state index in [1.54, 1.807) is 41.6 Å². The van der Waals surface area contributed by atoms with Crippen LogP contribution in [0.2, 0.25) is 0 Å². The van der Waals surface area contributed by atoms with Gasteiger partial charge in [-0.2, -0.15) is 0 Å². The molecule has 3 heterocycles. The van der Waals surface area contributed by atoms with Crippen molar-refractivity contribution < 1.29 is 4.79 Å². The highest BCUT2D eigenvalue weighted by atomic mass is 16.2. The maximum atomic E-state index is 12.3. The van der Waals surface area contributed by atoms with Gasteiger partial charge in [0.2, 0.25) is 0 Å². The van der Waals surface area contributed by atoms with Gasteiger partial charge in [0, 0.05) is 42.8 Å². The number of carbonyl (C=O) groups is 1. The van der Waals surface area contributed by atoms with Crippen molar-refractivity contribution in [2.75, 3.05) is 13.1 Å². The zero-order valence-corrected chi connectivity index (χ0v) is 11.5. The van der Waals surface area contributed by atoms with E-state index in [-0.39, 0.29) is 23.1 Å². The molecule has 2 aromatic rings. The summed E-state index contributed by atoms with van der Waals surface area (Å²) in [5.41, 5.74) is 7.08. The lowest BCUT2D eigenvalue weighted by atomic mass is 10.1. The standard InChI is InChI=1S/C15H16N4O2/c16-11-5-8-19(9-11)15(21)12-1-2-13(18-14(12)20)10-3-6-17-7-4-10/h1-4,6-7,11H,5,8-9,16H2,(H,18,20)/t11-/m0/s1. The molecule has 1 amide bonds. The molecule has 108 valence electrons. The van der Waals surface area contributed by atoms with Crippen molar-refractivity contribution >= 4 is 5.91 Å². The summed E-state index contributed by atoms with van der Waals surface area (Å²) in [7, 11) is 0. The predicted octanol–water partition coefficient (Wildman–Crippen LogP) is 0.610. The zero-order chi connectivity index (χ0) is 14.8. The Kier molecular flexibility index (Phi) is 3.53. The first-order valence-corrected chi connectivity index (χ1v) is 6.84. The van der Waals surface area contributed by atoms with Crippen molar-refractivity contribution in [2.24, 2.45) is 5.73 Å². The average Bonchev–Trinajstić information content (AvgIpc) is 2.94. The average molecular weight is 284 g/mol. The first-order chi connectivity index (χ1) is 10.1. The molecule has 0 bridgehead atoms. The van der Waals surface area contributed by atoms with E-state index in [0.717, 1.165) is 12.0 Å². The second kappa shape index (κ2) is 5.49. The molecule has 0 unspecified atom stereocenters. The first-order valence-electron chi connectivity index (χ1n) is 6.84. The number of hydrogen-bond acceptors (Lipinski definition) is 4. The number of rotatable bonds is 2. The third kappa shape index (κ3) is 2.71. The summed E-state index contributed by atoms with van der Waals surface area (Å²) < 4.78 is 0. The number of H-pyrrole nitrogens is 1. The molecule has 2 aromatic heterocycles. The number of aromatic nitrogens is 2. The molecule has 1 atom stereocenters. The molecular weight excluding hydrogens is 268 g/mol. The number of nitrogens with two attached hydrogens (primary N) is 1. The summed E-state index contributed by atoms with van der Waals surface area (Å²) in [6, 6.07) is 6.91. The van der Waals surface area contributed by atoms with Crippen LogP contribution in [0.5, 0.6) is 0 Å². The lowest BCUT2D eigenvalue weighted by Crippen LogP contribution is -2.35. The fourth-order valence-corrected chi connectivity index (χ4v) is 2.48. The van der Waals surface area contributed by atoms with Crippen LogP contribution >= 0.6 is 0 Å². The van der Waals surface area contributed by atoms with Gasteiger partial charge in [0.05, 0.1) is 0 Å². The van der Waals surface area contributed by atoms with Crippen molar-refractivity contribution in [3.63, 3.8) is 0 Å². The number of pyridine rings is 2. The Bertz CT molecular complexity index is 711. The molecule has 3 N–H and O–H groups in total. The van der Waals surface area contributed by atoms with Crippen LogP contribution in [0.15, 0.2) is 41.5 Å². The lowest BCUT2D eigenvalue weighted by Gasteiger charge is -2.15. The van der Waals surface area contributed by atoms with Crippen molar-refractivity contribution in [3.8, 4) is 11.3 Å². The highest BCUT2D eigenvalue weighted by Crippen LogP contribution is 2.15. The van der Waals surface area contributed by atoms with Crippen LogP contribution in [0.1, 0.15) is 16.8 Å². The van der Waals surface area contributed by atoms with E-state index >= 15 is 0 Å². The Morgan fingerprint density at radius 3 is 2.67 bits per heavy atom. The smallest absolute Gasteiger partial charge is 0.261 e. The first kappa shape index (κ1) is 13.5. The fraction of sp³-hybridized carbons (Fsp3) is 0.267. The largest absolute Gasteiger partial charge is 0.337 e. The van der Waals surface area contributed by atoms with Gasteiger partial charge in [-0.15, -0.1) is 0 Å². The highest BCUT2D eigenvalue weighted by Gasteiger charge is 2.26. The van der Waals surface area contributed by atoms with Crippen molar-refractivity contribution in [1.29, 1.82) is 0 Å². The highest BCUT2D eigenvalue weighted by molar-refractivity contribution is 5.94. The normalized spacial score (nSPS) is 18.0. The molecule has 21 heavy (non-hydrogen) atoms. The van der Waals surface area contributed by atoms with E-state index < -0.39 is 0 Å². The maximum Gasteiger partial charge on any atom is 0.261 e. The van der Waals surface area contributed by atoms with Gasteiger partial charge < -0.3 is 15.6 Å². The van der Waals surface area contributed by atoms with Crippen LogP contribution in [-0.2, 0) is 0 Å². The minimum atomic E-state index is -0.380. The molecule has 0 aromatic carbocycles. The summed E-state index contributed by atoms with van der Waals surface area (Å²) in [4.78, 5) is 32.8. The van der Waals surface area contributed by atoms with Gasteiger partial charge in [-0.1, -0.05) is 0 Å². The Balaban J connectivity index is 1.88. The predicted molar refractivity (Wildman–Crippen MR) is 78.8 cm³/mol. The van der Waals surface area contributed by atoms with Gasteiger partial charge in [0.15, 0.2) is 0 Å². The van der Waals surface area contributed by atoms with Crippen LogP contribution in [0.3, 0.4) is 0 Å². The van der Waals surface area contributed by atoms with Crippen LogP contribution in [0, 0.1) is 0 Å². The monoisotopic (exact) mass is 284 g/mol. The van der Waals surface area contributed by atoms with Gasteiger partial charge in [-0.05, 0) is 30.7 Å². The molecule has 0 saturated carbocycles. The summed E-state index contributed by atoms with van der Waals surface area (Å²) in [5.74, 6) is -0.259. The summed E-state index contributed by atoms with van der Waals surface area (Å²) in [6.07, 6.45) is 4.08. The summed E-state index contributed by atoms with van der Waals surface area (Å²) >= 11 is 0. The van der Waals surface area contributed by atoms with Gasteiger partial charge in [-0.25, -0.2) is 0 Å². The molecule has 1 saturated heterocycles. The van der Waals surface area contributed by atoms with Crippen molar-refractivity contribution in [3.05, 3.63) is 52.6 Å². The second-order valence-corrected chi connectivity index (χ2v) is 5.15. The second-order valence-electron chi connectivity index (χ2n) is 5.15. The Labute approximate surface area is 121 Å². The Morgan fingerprint density at radius 1 is 1.29 bits per heavy atom. The minimum Gasteiger partial charge on any atom is -0.337 e. The molecule has 6 heteroatoms. The van der Waals surface area contributed by atoms with E-state index in [4.69, 9.17) is 5.73 Å². The number of hydrogen-bond donors (Lipinski definition) is 2. The van der Waals surface area contributed by atoms with Crippen LogP contribution < -0.4 is 11.3 Å². The number of nitrogens with zero attached hydrogens (tertiary/aromatic N) is 2. The molecule has 1 fully saturated rings. The number of carbonyl (C=O) groups excluding carboxylic acids is 1. The molecule has 0 radical (unpaired) electrons. The molecular formula is C15H16N4O2. The molecule has 3 rings (SSSR count). The van der Waals surface area contributed by atoms with Crippen LogP contribution in [0.25, 0.3) is 11.3 Å². The maximum absolute atomic E-state index is 12.3. The lowest BCUT2D eigenvalue weighted by molar-refractivity contribution is 0.0789. The van der Waals surface area contributed by atoms with Crippen LogP contribution in [-0.4, -0.2) is 39.9 Å². The number of likely N-dealkylation sites (tertiary alicyclic amines) is 1. The SMILES string of the molecule is N[C@H]1CCN(C(=O)c2ccc(-c3ccncc3)[nH]c2=O)C1. The van der Waals surface area contributed by atoms with Gasteiger partial charge in [-0.3, -0.25) is 14.6 Å². The molecule has 0 aliphatic carbocycles. The third-order valence-electron chi connectivity index (χ3n) is 3.64. The van der Waals surface area contributed by atoms with E-state index in [9.17, 15) is 9.59 Å². The molecule has 6 nitrogen and oxygen atoms in total. The van der Waals surface area contributed by atoms with Crippen molar-refractivity contribution in [2.45, 2.75) is 12.5 Å². The summed E-state index contributed by atoms with van der Waals surface area (Å²) in [5, 5.41) is 0. The minimum absolute atomic E-state index is 0.00382. The van der Waals surface area contributed by atoms with E-state index in [2.05, 4.69) is 9.97 Å². The molecule has 1 aliphatic rings. The third-order valence-corrected chi connectivity index (χ3v) is 3.64. The zero-order valence-electron chi connectivity index (χ0n) is 11.5. The molecule has 1 aliphatic heterocycles. The van der Waals surface area contributed by atoms with Crippen LogP contribution in [0.4, 0.5) is 0 Å². The Morgan fingerprint density at radius 2 is 2.05 bits per heavy atom. The Hall–Kier alpha value is -2.47. The van der Waals surface area contributed by atoms with Gasteiger partial charge in [0.25, 0.3) is 11.5 Å². The van der Waals surface area contributed by atoms with Gasteiger partial charge in [0.1, 0.15) is 5.56 Å². The number of aromatic amines is 1. The number of amides is 1. The fourth-order valence-electron chi connectivity index (χ4n) is 2.48.